The van der Waals surface area contributed by atoms with Crippen LogP contribution in [0.1, 0.15) is 32.6 Å². The summed E-state index contributed by atoms with van der Waals surface area (Å²) < 4.78 is 5.16. The topological polar surface area (TPSA) is 82.7 Å². The van der Waals surface area contributed by atoms with Crippen LogP contribution >= 0.6 is 11.6 Å². The van der Waals surface area contributed by atoms with Crippen LogP contribution in [0.15, 0.2) is 53.3 Å². The summed E-state index contributed by atoms with van der Waals surface area (Å²) in [5, 5.41) is 1.48. The lowest BCUT2D eigenvalue weighted by Gasteiger charge is -2.38. The number of rotatable bonds is 5. The molecule has 2 saturated heterocycles. The molecule has 8 heteroatoms. The van der Waals surface area contributed by atoms with E-state index in [1.165, 1.54) is 0 Å². The van der Waals surface area contributed by atoms with Gasteiger partial charge in [-0.05, 0) is 56.4 Å². The number of aromatic amines is 1. The van der Waals surface area contributed by atoms with E-state index in [9.17, 15) is 14.4 Å². The molecule has 2 aromatic carbocycles. The first-order valence-corrected chi connectivity index (χ1v) is 13.5. The van der Waals surface area contributed by atoms with Gasteiger partial charge >= 0.3 is 5.97 Å². The fourth-order valence-corrected chi connectivity index (χ4v) is 5.86. The number of esters is 1. The van der Waals surface area contributed by atoms with Gasteiger partial charge in [0.25, 0.3) is 5.56 Å². The van der Waals surface area contributed by atoms with E-state index in [-0.39, 0.29) is 29.3 Å². The molecule has 2 aliphatic rings. The number of aromatic nitrogens is 1. The molecule has 1 N–H and O–H groups in total. The van der Waals surface area contributed by atoms with Crippen molar-refractivity contribution in [1.82, 2.24) is 9.88 Å². The summed E-state index contributed by atoms with van der Waals surface area (Å²) >= 11 is 6.37. The van der Waals surface area contributed by atoms with Gasteiger partial charge in [-0.15, -0.1) is 0 Å². The minimum Gasteiger partial charge on any atom is -0.466 e. The Morgan fingerprint density at radius 1 is 1.03 bits per heavy atom. The number of amides is 1. The van der Waals surface area contributed by atoms with Crippen LogP contribution in [-0.4, -0.2) is 54.5 Å². The Bertz CT molecular complexity index is 1350. The number of H-pyrrole nitrogens is 1. The molecule has 37 heavy (non-hydrogen) atoms. The molecule has 0 saturated carbocycles. The predicted octanol–water partition coefficient (Wildman–Crippen LogP) is 4.87. The summed E-state index contributed by atoms with van der Waals surface area (Å²) in [5.41, 5.74) is 2.91. The minimum absolute atomic E-state index is 0.105. The van der Waals surface area contributed by atoms with E-state index in [2.05, 4.69) is 9.88 Å². The molecular formula is C29H32ClN3O4. The molecule has 3 heterocycles. The lowest BCUT2D eigenvalue weighted by atomic mass is 9.91. The lowest BCUT2D eigenvalue weighted by molar-refractivity contribution is -0.151. The first-order valence-electron chi connectivity index (χ1n) is 13.1. The fourth-order valence-electron chi connectivity index (χ4n) is 5.69. The standard InChI is InChI=1S/C29H32ClN3O4/c1-2-37-29(36)20-12-15-32(16-13-20)28(35)21-9-6-14-33(18-21)26-25(19-7-4-3-5-8-19)23-17-22(30)10-11-24(23)31-27(26)34/h3-5,7-8,10-11,17,20-21H,2,6,9,12-16,18H2,1H3,(H,31,34)/t21-/m0/s1. The van der Waals surface area contributed by atoms with Gasteiger partial charge in [-0.1, -0.05) is 41.9 Å². The first-order chi connectivity index (χ1) is 18.0. The van der Waals surface area contributed by atoms with Gasteiger partial charge in [-0.2, -0.15) is 0 Å². The molecule has 1 amide bonds. The van der Waals surface area contributed by atoms with Gasteiger partial charge in [0.1, 0.15) is 5.69 Å². The zero-order chi connectivity index (χ0) is 25.9. The van der Waals surface area contributed by atoms with E-state index in [1.54, 1.807) is 6.07 Å². The Morgan fingerprint density at radius 3 is 2.51 bits per heavy atom. The van der Waals surface area contributed by atoms with Crippen LogP contribution in [0.3, 0.4) is 0 Å². The third kappa shape index (κ3) is 5.23. The van der Waals surface area contributed by atoms with Crippen molar-refractivity contribution in [2.75, 3.05) is 37.7 Å². The third-order valence-corrected chi connectivity index (χ3v) is 7.76. The van der Waals surface area contributed by atoms with Crippen LogP contribution < -0.4 is 10.5 Å². The number of nitrogens with zero attached hydrogens (tertiary/aromatic N) is 2. The Labute approximate surface area is 221 Å². The van der Waals surface area contributed by atoms with Crippen LogP contribution in [0.25, 0.3) is 22.0 Å². The SMILES string of the molecule is CCOC(=O)C1CCN(C(=O)[C@H]2CCCN(c3c(-c4ccccc4)c4cc(Cl)ccc4[nH]c3=O)C2)CC1. The smallest absolute Gasteiger partial charge is 0.309 e. The van der Waals surface area contributed by atoms with Gasteiger partial charge in [0, 0.05) is 47.7 Å². The number of benzene rings is 2. The molecule has 0 spiro atoms. The number of hydrogen-bond acceptors (Lipinski definition) is 5. The number of anilines is 1. The van der Waals surface area contributed by atoms with Crippen molar-refractivity contribution in [3.63, 3.8) is 0 Å². The van der Waals surface area contributed by atoms with Gasteiger partial charge < -0.3 is 19.5 Å². The average molecular weight is 522 g/mol. The summed E-state index contributed by atoms with van der Waals surface area (Å²) in [4.78, 5) is 46.1. The number of pyridine rings is 1. The summed E-state index contributed by atoms with van der Waals surface area (Å²) in [5.74, 6) is -0.398. The molecular weight excluding hydrogens is 490 g/mol. The van der Waals surface area contributed by atoms with Gasteiger partial charge in [0.15, 0.2) is 0 Å². The van der Waals surface area contributed by atoms with E-state index >= 15 is 0 Å². The van der Waals surface area contributed by atoms with Crippen molar-refractivity contribution in [2.45, 2.75) is 32.6 Å². The molecule has 0 bridgehead atoms. The van der Waals surface area contributed by atoms with Crippen molar-refractivity contribution in [3.05, 3.63) is 63.9 Å². The summed E-state index contributed by atoms with van der Waals surface area (Å²) in [7, 11) is 0. The van der Waals surface area contributed by atoms with Crippen molar-refractivity contribution < 1.29 is 14.3 Å². The number of carbonyl (C=O) groups excluding carboxylic acids is 2. The van der Waals surface area contributed by atoms with Gasteiger partial charge in [0.2, 0.25) is 5.91 Å². The highest BCUT2D eigenvalue weighted by Crippen LogP contribution is 2.37. The molecule has 0 aliphatic carbocycles. The fraction of sp³-hybridized carbons (Fsp3) is 0.414. The summed E-state index contributed by atoms with van der Waals surface area (Å²) in [6.07, 6.45) is 2.86. The molecule has 2 fully saturated rings. The number of nitrogens with one attached hydrogen (secondary N) is 1. The molecule has 5 rings (SSSR count). The molecule has 1 atom stereocenters. The highest BCUT2D eigenvalue weighted by molar-refractivity contribution is 6.31. The van der Waals surface area contributed by atoms with Crippen LogP contribution in [0.4, 0.5) is 5.69 Å². The van der Waals surface area contributed by atoms with Crippen molar-refractivity contribution >= 4 is 40.1 Å². The second-order valence-corrected chi connectivity index (χ2v) is 10.3. The van der Waals surface area contributed by atoms with E-state index in [0.717, 1.165) is 34.9 Å². The monoisotopic (exact) mass is 521 g/mol. The molecule has 1 aromatic heterocycles. The number of carbonyl (C=O) groups is 2. The van der Waals surface area contributed by atoms with E-state index in [0.29, 0.717) is 56.3 Å². The molecule has 0 radical (unpaired) electrons. The first kappa shape index (κ1) is 25.3. The lowest BCUT2D eigenvalue weighted by Crippen LogP contribution is -2.48. The Hall–Kier alpha value is -3.32. The van der Waals surface area contributed by atoms with Crippen LogP contribution in [-0.2, 0) is 14.3 Å². The average Bonchev–Trinajstić information content (AvgIpc) is 2.93. The highest BCUT2D eigenvalue weighted by Gasteiger charge is 2.34. The van der Waals surface area contributed by atoms with Crippen molar-refractivity contribution in [2.24, 2.45) is 11.8 Å². The normalized spacial score (nSPS) is 18.7. The van der Waals surface area contributed by atoms with Gasteiger partial charge in [-0.3, -0.25) is 14.4 Å². The number of piperidine rings is 2. The van der Waals surface area contributed by atoms with Crippen molar-refractivity contribution in [3.8, 4) is 11.1 Å². The van der Waals surface area contributed by atoms with E-state index < -0.39 is 0 Å². The number of hydrogen-bond donors (Lipinski definition) is 1. The number of likely N-dealkylation sites (tertiary alicyclic amines) is 1. The quantitative estimate of drug-likeness (QED) is 0.484. The molecule has 194 valence electrons. The maximum Gasteiger partial charge on any atom is 0.309 e. The zero-order valence-electron chi connectivity index (χ0n) is 21.0. The number of ether oxygens (including phenoxy) is 1. The Kier molecular flexibility index (Phi) is 7.51. The van der Waals surface area contributed by atoms with Crippen molar-refractivity contribution in [1.29, 1.82) is 0 Å². The maximum atomic E-state index is 13.5. The molecule has 2 aliphatic heterocycles. The molecule has 0 unspecified atom stereocenters. The third-order valence-electron chi connectivity index (χ3n) is 7.53. The maximum absolute atomic E-state index is 13.5. The Morgan fingerprint density at radius 2 is 1.78 bits per heavy atom. The van der Waals surface area contributed by atoms with Crippen LogP contribution in [0.5, 0.6) is 0 Å². The summed E-state index contributed by atoms with van der Waals surface area (Å²) in [6, 6.07) is 15.4. The second kappa shape index (κ2) is 11.0. The molecule has 7 nitrogen and oxygen atoms in total. The van der Waals surface area contributed by atoms with Gasteiger partial charge in [0.05, 0.1) is 18.4 Å². The zero-order valence-corrected chi connectivity index (χ0v) is 21.8. The largest absolute Gasteiger partial charge is 0.466 e. The van der Waals surface area contributed by atoms with Gasteiger partial charge in [-0.25, -0.2) is 0 Å². The Balaban J connectivity index is 1.42. The number of fused-ring (bicyclic) bond motifs is 1. The van der Waals surface area contributed by atoms with E-state index in [4.69, 9.17) is 16.3 Å². The predicted molar refractivity (Wildman–Crippen MR) is 146 cm³/mol. The minimum atomic E-state index is -0.203. The summed E-state index contributed by atoms with van der Waals surface area (Å²) in [6.45, 7) is 4.48. The van der Waals surface area contributed by atoms with Crippen LogP contribution in [0.2, 0.25) is 5.02 Å². The van der Waals surface area contributed by atoms with E-state index in [1.807, 2.05) is 54.3 Å². The highest BCUT2D eigenvalue weighted by atomic mass is 35.5. The van der Waals surface area contributed by atoms with Crippen LogP contribution in [0, 0.1) is 11.8 Å². The second-order valence-electron chi connectivity index (χ2n) is 9.87. The molecule has 3 aromatic rings. The number of halogens is 1.